The Bertz CT molecular complexity index is 752. The van der Waals surface area contributed by atoms with E-state index in [9.17, 15) is 8.42 Å². The quantitative estimate of drug-likeness (QED) is 0.535. The van der Waals surface area contributed by atoms with Crippen LogP contribution < -0.4 is 10.6 Å². The smallest absolute Gasteiger partial charge is 0.191 e. The molecule has 2 rings (SSSR count). The lowest BCUT2D eigenvalue weighted by Crippen LogP contribution is -2.53. The molecule has 1 saturated heterocycles. The molecular formula is C21H35N3O3S. The van der Waals surface area contributed by atoms with Crippen molar-refractivity contribution in [1.82, 2.24) is 10.6 Å². The van der Waals surface area contributed by atoms with Gasteiger partial charge in [0.1, 0.15) is 0 Å². The minimum absolute atomic E-state index is 0.0585. The van der Waals surface area contributed by atoms with E-state index < -0.39 is 14.6 Å². The molecule has 28 heavy (non-hydrogen) atoms. The van der Waals surface area contributed by atoms with Crippen LogP contribution in [0.5, 0.6) is 0 Å². The van der Waals surface area contributed by atoms with E-state index in [1.165, 1.54) is 17.4 Å². The van der Waals surface area contributed by atoms with Crippen LogP contribution in [-0.4, -0.2) is 52.2 Å². The van der Waals surface area contributed by atoms with Gasteiger partial charge < -0.3 is 15.4 Å². The summed E-state index contributed by atoms with van der Waals surface area (Å²) in [4.78, 5) is 4.28. The van der Waals surface area contributed by atoms with Crippen LogP contribution in [0.3, 0.4) is 0 Å². The zero-order valence-electron chi connectivity index (χ0n) is 17.8. The van der Waals surface area contributed by atoms with Crippen LogP contribution in [0.15, 0.2) is 29.3 Å². The number of rotatable bonds is 7. The van der Waals surface area contributed by atoms with Crippen molar-refractivity contribution in [3.8, 4) is 0 Å². The van der Waals surface area contributed by atoms with Crippen LogP contribution in [-0.2, 0) is 21.0 Å². The number of nitrogens with one attached hydrogen (secondary N) is 2. The first-order chi connectivity index (χ1) is 13.2. The predicted octanol–water partition coefficient (Wildman–Crippen LogP) is 2.70. The molecule has 0 spiro atoms. The van der Waals surface area contributed by atoms with Crippen molar-refractivity contribution in [3.05, 3.63) is 35.4 Å². The number of hydrogen-bond donors (Lipinski definition) is 2. The number of hydrogen-bond acceptors (Lipinski definition) is 4. The Hall–Kier alpha value is -1.60. The Balaban J connectivity index is 1.99. The van der Waals surface area contributed by atoms with Crippen molar-refractivity contribution in [2.24, 2.45) is 10.9 Å². The van der Waals surface area contributed by atoms with Gasteiger partial charge in [-0.3, -0.25) is 4.99 Å². The molecule has 1 unspecified atom stereocenters. The fourth-order valence-electron chi connectivity index (χ4n) is 3.56. The summed E-state index contributed by atoms with van der Waals surface area (Å²) >= 11 is 0. The molecule has 6 nitrogen and oxygen atoms in total. The molecule has 0 radical (unpaired) electrons. The Morgan fingerprint density at radius 2 is 1.79 bits per heavy atom. The van der Waals surface area contributed by atoms with Gasteiger partial charge in [0.25, 0.3) is 0 Å². The third-order valence-electron chi connectivity index (χ3n) is 5.47. The summed E-state index contributed by atoms with van der Waals surface area (Å²) in [6, 6.07) is 8.68. The fourth-order valence-corrected chi connectivity index (χ4v) is 4.81. The molecule has 0 saturated carbocycles. The highest BCUT2D eigenvalue weighted by molar-refractivity contribution is 7.92. The molecule has 1 atom stereocenters. The molecule has 0 bridgehead atoms. The second-order valence-electron chi connectivity index (χ2n) is 8.20. The van der Waals surface area contributed by atoms with Crippen LogP contribution >= 0.6 is 0 Å². The molecule has 158 valence electrons. The van der Waals surface area contributed by atoms with Gasteiger partial charge in [0, 0.05) is 33.1 Å². The number of aliphatic imine (C=N–C) groups is 1. The summed E-state index contributed by atoms with van der Waals surface area (Å²) < 4.78 is 29.4. The minimum Gasteiger partial charge on any atom is -0.381 e. The minimum atomic E-state index is -3.21. The van der Waals surface area contributed by atoms with E-state index >= 15 is 0 Å². The average molecular weight is 410 g/mol. The van der Waals surface area contributed by atoms with E-state index in [-0.39, 0.29) is 6.04 Å². The standard InChI is InChI=1S/C21H35N3O3S/c1-16(2)14-18-6-8-19(9-7-18)17(3)24-20(22-4)23-15-21(28(5,25)26)10-12-27-13-11-21/h6-9,16-17H,10-15H2,1-5H3,(H2,22,23,24). The van der Waals surface area contributed by atoms with Crippen molar-refractivity contribution < 1.29 is 13.2 Å². The van der Waals surface area contributed by atoms with Crippen molar-refractivity contribution >= 4 is 15.8 Å². The van der Waals surface area contributed by atoms with E-state index in [0.717, 1.165) is 6.42 Å². The summed E-state index contributed by atoms with van der Waals surface area (Å²) in [6.45, 7) is 7.78. The lowest BCUT2D eigenvalue weighted by atomic mass is 9.99. The highest BCUT2D eigenvalue weighted by Gasteiger charge is 2.42. The van der Waals surface area contributed by atoms with Crippen molar-refractivity contribution in [2.45, 2.75) is 50.8 Å². The second-order valence-corrected chi connectivity index (χ2v) is 10.6. The Kier molecular flexibility index (Phi) is 7.89. The summed E-state index contributed by atoms with van der Waals surface area (Å²) in [6.07, 6.45) is 3.39. The van der Waals surface area contributed by atoms with Crippen molar-refractivity contribution in [2.75, 3.05) is 33.1 Å². The molecule has 1 aromatic carbocycles. The van der Waals surface area contributed by atoms with E-state index in [1.54, 1.807) is 7.05 Å². The van der Waals surface area contributed by atoms with Gasteiger partial charge in [0.05, 0.1) is 10.8 Å². The number of ether oxygens (including phenoxy) is 1. The van der Waals surface area contributed by atoms with E-state index in [4.69, 9.17) is 4.74 Å². The predicted molar refractivity (Wildman–Crippen MR) is 116 cm³/mol. The molecule has 0 amide bonds. The lowest BCUT2D eigenvalue weighted by Gasteiger charge is -2.36. The first-order valence-electron chi connectivity index (χ1n) is 10.0. The molecule has 7 heteroatoms. The summed E-state index contributed by atoms with van der Waals surface area (Å²) in [5.74, 6) is 1.24. The Morgan fingerprint density at radius 3 is 2.29 bits per heavy atom. The van der Waals surface area contributed by atoms with Crippen molar-refractivity contribution in [3.63, 3.8) is 0 Å². The normalized spacial score (nSPS) is 18.7. The first-order valence-corrected chi connectivity index (χ1v) is 11.9. The largest absolute Gasteiger partial charge is 0.381 e. The molecule has 1 aliphatic rings. The number of guanidine groups is 1. The maximum atomic E-state index is 12.4. The van der Waals surface area contributed by atoms with Crippen LogP contribution in [0.25, 0.3) is 0 Å². The van der Waals surface area contributed by atoms with Crippen LogP contribution in [0.1, 0.15) is 50.8 Å². The van der Waals surface area contributed by atoms with E-state index in [1.807, 2.05) is 0 Å². The van der Waals surface area contributed by atoms with Crippen molar-refractivity contribution in [1.29, 1.82) is 0 Å². The number of nitrogens with zero attached hydrogens (tertiary/aromatic N) is 1. The Labute approximate surface area is 170 Å². The third kappa shape index (κ3) is 5.95. The summed E-state index contributed by atoms with van der Waals surface area (Å²) in [5.41, 5.74) is 2.50. The van der Waals surface area contributed by atoms with E-state index in [0.29, 0.717) is 44.5 Å². The van der Waals surface area contributed by atoms with Gasteiger partial charge in [0.15, 0.2) is 15.8 Å². The first kappa shape index (κ1) is 22.7. The molecule has 1 aromatic rings. The maximum absolute atomic E-state index is 12.4. The molecule has 1 aliphatic heterocycles. The monoisotopic (exact) mass is 409 g/mol. The molecule has 0 aliphatic carbocycles. The summed E-state index contributed by atoms with van der Waals surface area (Å²) in [7, 11) is -1.51. The van der Waals surface area contributed by atoms with Gasteiger partial charge in [-0.25, -0.2) is 8.42 Å². The molecular weight excluding hydrogens is 374 g/mol. The highest BCUT2D eigenvalue weighted by atomic mass is 32.2. The summed E-state index contributed by atoms with van der Waals surface area (Å²) in [5, 5.41) is 6.59. The third-order valence-corrected chi connectivity index (χ3v) is 7.59. The van der Waals surface area contributed by atoms with Gasteiger partial charge >= 0.3 is 0 Å². The van der Waals surface area contributed by atoms with E-state index in [2.05, 4.69) is 60.7 Å². The van der Waals surface area contributed by atoms with Gasteiger partial charge in [-0.1, -0.05) is 38.1 Å². The fraction of sp³-hybridized carbons (Fsp3) is 0.667. The molecule has 1 fully saturated rings. The average Bonchev–Trinajstić information content (AvgIpc) is 2.65. The second kappa shape index (κ2) is 9.74. The zero-order valence-corrected chi connectivity index (χ0v) is 18.6. The van der Waals surface area contributed by atoms with Gasteiger partial charge in [-0.2, -0.15) is 0 Å². The maximum Gasteiger partial charge on any atom is 0.191 e. The SMILES string of the molecule is CN=C(NCC1(S(C)(=O)=O)CCOCC1)NC(C)c1ccc(CC(C)C)cc1. The Morgan fingerprint density at radius 1 is 1.18 bits per heavy atom. The molecule has 2 N–H and O–H groups in total. The number of sulfone groups is 1. The zero-order chi connectivity index (χ0) is 20.8. The number of benzene rings is 1. The van der Waals surface area contributed by atoms with Gasteiger partial charge in [0.2, 0.25) is 0 Å². The van der Waals surface area contributed by atoms with Gasteiger partial charge in [-0.05, 0) is 43.2 Å². The van der Waals surface area contributed by atoms with Crippen LogP contribution in [0.2, 0.25) is 0 Å². The lowest BCUT2D eigenvalue weighted by molar-refractivity contribution is 0.0756. The molecule has 0 aromatic heterocycles. The van der Waals surface area contributed by atoms with Crippen LogP contribution in [0, 0.1) is 5.92 Å². The molecule has 1 heterocycles. The highest BCUT2D eigenvalue weighted by Crippen LogP contribution is 2.28. The topological polar surface area (TPSA) is 79.8 Å². The van der Waals surface area contributed by atoms with Gasteiger partial charge in [-0.15, -0.1) is 0 Å². The van der Waals surface area contributed by atoms with Crippen LogP contribution in [0.4, 0.5) is 0 Å².